The lowest BCUT2D eigenvalue weighted by Crippen LogP contribution is -2.15. The van der Waals surface area contributed by atoms with Crippen LogP contribution in [0.2, 0.25) is 5.02 Å². The number of carbonyl (C=O) groups is 1. The van der Waals surface area contributed by atoms with Crippen LogP contribution in [0.25, 0.3) is 6.08 Å². The molecule has 2 aliphatic heterocycles. The number of nitrogens with zero attached hydrogens (tertiary/aromatic N) is 1. The van der Waals surface area contributed by atoms with Crippen LogP contribution in [0, 0.1) is 0 Å². The summed E-state index contributed by atoms with van der Waals surface area (Å²) in [6.45, 7) is 1.04. The second-order valence-electron chi connectivity index (χ2n) is 5.22. The number of ether oxygens (including phenoxy) is 3. The molecule has 6 heteroatoms. The van der Waals surface area contributed by atoms with Crippen molar-refractivity contribution in [3.63, 3.8) is 0 Å². The molecule has 0 radical (unpaired) electrons. The van der Waals surface area contributed by atoms with E-state index in [4.69, 9.17) is 25.8 Å². The molecule has 0 amide bonds. The van der Waals surface area contributed by atoms with Crippen molar-refractivity contribution in [2.75, 3.05) is 13.2 Å². The molecule has 0 N–H and O–H groups in total. The lowest BCUT2D eigenvalue weighted by molar-refractivity contribution is -0.129. The number of benzene rings is 2. The molecular weight excluding hydrogens is 330 g/mol. The van der Waals surface area contributed by atoms with Crippen molar-refractivity contribution in [1.82, 2.24) is 0 Å². The standard InChI is InChI=1S/C18H12ClNO4/c19-13-4-2-1-3-12(13)17-20-14(18(21)24-17)9-11-5-6-15-16(10-11)23-8-7-22-15/h1-6,9-10H,7-8H2/b14-9+. The van der Waals surface area contributed by atoms with Gasteiger partial charge in [-0.05, 0) is 35.9 Å². The molecule has 0 aliphatic carbocycles. The quantitative estimate of drug-likeness (QED) is 0.620. The van der Waals surface area contributed by atoms with Crippen LogP contribution in [0.4, 0.5) is 0 Å². The van der Waals surface area contributed by atoms with Gasteiger partial charge < -0.3 is 14.2 Å². The van der Waals surface area contributed by atoms with Gasteiger partial charge in [-0.1, -0.05) is 29.8 Å². The van der Waals surface area contributed by atoms with Gasteiger partial charge in [0.2, 0.25) is 5.90 Å². The summed E-state index contributed by atoms with van der Waals surface area (Å²) in [7, 11) is 0. The molecule has 0 fully saturated rings. The Bertz CT molecular complexity index is 888. The molecule has 0 saturated carbocycles. The highest BCUT2D eigenvalue weighted by molar-refractivity contribution is 6.34. The van der Waals surface area contributed by atoms with Gasteiger partial charge in [-0.2, -0.15) is 0 Å². The monoisotopic (exact) mass is 341 g/mol. The van der Waals surface area contributed by atoms with E-state index in [9.17, 15) is 4.79 Å². The third-order valence-electron chi connectivity index (χ3n) is 3.59. The molecule has 24 heavy (non-hydrogen) atoms. The average molecular weight is 342 g/mol. The molecule has 0 spiro atoms. The van der Waals surface area contributed by atoms with Crippen molar-refractivity contribution >= 4 is 29.5 Å². The predicted molar refractivity (Wildman–Crippen MR) is 89.5 cm³/mol. The average Bonchev–Trinajstić information content (AvgIpc) is 2.96. The number of halogens is 1. The lowest BCUT2D eigenvalue weighted by atomic mass is 10.1. The molecule has 0 atom stereocenters. The van der Waals surface area contributed by atoms with E-state index >= 15 is 0 Å². The smallest absolute Gasteiger partial charge is 0.363 e. The SMILES string of the molecule is O=C1OC(c2ccccc2Cl)=N/C1=C/c1ccc2c(c1)OCCO2. The van der Waals surface area contributed by atoms with E-state index < -0.39 is 5.97 Å². The fourth-order valence-electron chi connectivity index (χ4n) is 2.47. The number of fused-ring (bicyclic) bond motifs is 1. The summed E-state index contributed by atoms with van der Waals surface area (Å²) in [5, 5.41) is 0.477. The fraction of sp³-hybridized carbons (Fsp3) is 0.111. The molecule has 5 nitrogen and oxygen atoms in total. The molecule has 2 aromatic carbocycles. The number of hydrogen-bond donors (Lipinski definition) is 0. The van der Waals surface area contributed by atoms with Crippen LogP contribution in [-0.2, 0) is 9.53 Å². The van der Waals surface area contributed by atoms with Crippen LogP contribution in [-0.4, -0.2) is 25.1 Å². The Kier molecular flexibility index (Phi) is 3.70. The van der Waals surface area contributed by atoms with Crippen LogP contribution in [0.15, 0.2) is 53.2 Å². The molecule has 0 unspecified atom stereocenters. The van der Waals surface area contributed by atoms with Crippen molar-refractivity contribution in [2.45, 2.75) is 0 Å². The van der Waals surface area contributed by atoms with E-state index in [-0.39, 0.29) is 11.6 Å². The first-order valence-electron chi connectivity index (χ1n) is 7.38. The number of aliphatic imine (C=N–C) groups is 1. The molecule has 4 rings (SSSR count). The van der Waals surface area contributed by atoms with Crippen LogP contribution in [0.1, 0.15) is 11.1 Å². The van der Waals surface area contributed by atoms with Gasteiger partial charge in [-0.25, -0.2) is 9.79 Å². The van der Waals surface area contributed by atoms with Gasteiger partial charge in [-0.3, -0.25) is 0 Å². The van der Waals surface area contributed by atoms with Crippen LogP contribution >= 0.6 is 11.6 Å². The molecule has 120 valence electrons. The number of cyclic esters (lactones) is 1. The Morgan fingerprint density at radius 1 is 1.04 bits per heavy atom. The van der Waals surface area contributed by atoms with Crippen molar-refractivity contribution in [2.24, 2.45) is 4.99 Å². The summed E-state index contributed by atoms with van der Waals surface area (Å²) >= 11 is 6.12. The third-order valence-corrected chi connectivity index (χ3v) is 3.92. The summed E-state index contributed by atoms with van der Waals surface area (Å²) in [6, 6.07) is 12.5. The highest BCUT2D eigenvalue weighted by Crippen LogP contribution is 2.32. The number of carbonyl (C=O) groups excluding carboxylic acids is 1. The Labute approximate surface area is 143 Å². The first-order valence-corrected chi connectivity index (χ1v) is 7.75. The van der Waals surface area contributed by atoms with Crippen LogP contribution in [0.3, 0.4) is 0 Å². The van der Waals surface area contributed by atoms with Crippen molar-refractivity contribution in [1.29, 1.82) is 0 Å². The minimum atomic E-state index is -0.514. The molecule has 0 saturated heterocycles. The summed E-state index contributed by atoms with van der Waals surface area (Å²) < 4.78 is 16.2. The van der Waals surface area contributed by atoms with Gasteiger partial charge in [0.15, 0.2) is 17.2 Å². The largest absolute Gasteiger partial charge is 0.486 e. The van der Waals surface area contributed by atoms with E-state index in [1.165, 1.54) is 0 Å². The van der Waals surface area contributed by atoms with Gasteiger partial charge in [0, 0.05) is 0 Å². The summed E-state index contributed by atoms with van der Waals surface area (Å²) in [5.74, 6) is 1.03. The molecule has 0 aromatic heterocycles. The zero-order valence-corrected chi connectivity index (χ0v) is 13.2. The second kappa shape index (κ2) is 6.02. The van der Waals surface area contributed by atoms with Gasteiger partial charge in [0.05, 0.1) is 10.6 Å². The highest BCUT2D eigenvalue weighted by atomic mass is 35.5. The molecule has 2 heterocycles. The summed E-state index contributed by atoms with van der Waals surface area (Å²) in [6.07, 6.45) is 1.64. The first-order chi connectivity index (χ1) is 11.7. The normalized spacial score (nSPS) is 17.6. The summed E-state index contributed by atoms with van der Waals surface area (Å²) in [5.41, 5.74) is 1.56. The van der Waals surface area contributed by atoms with E-state index in [1.807, 2.05) is 6.07 Å². The highest BCUT2D eigenvalue weighted by Gasteiger charge is 2.25. The zero-order valence-electron chi connectivity index (χ0n) is 12.5. The summed E-state index contributed by atoms with van der Waals surface area (Å²) in [4.78, 5) is 16.3. The predicted octanol–water partition coefficient (Wildman–Crippen LogP) is 3.46. The number of esters is 1. The second-order valence-corrected chi connectivity index (χ2v) is 5.63. The number of rotatable bonds is 2. The van der Waals surface area contributed by atoms with Crippen molar-refractivity contribution < 1.29 is 19.0 Å². The van der Waals surface area contributed by atoms with Gasteiger partial charge in [-0.15, -0.1) is 0 Å². The maximum absolute atomic E-state index is 12.1. The molecule has 0 bridgehead atoms. The third kappa shape index (κ3) is 2.74. The van der Waals surface area contributed by atoms with Crippen LogP contribution < -0.4 is 9.47 Å². The van der Waals surface area contributed by atoms with Crippen molar-refractivity contribution in [3.05, 3.63) is 64.3 Å². The Balaban J connectivity index is 1.67. The molecule has 2 aromatic rings. The van der Waals surface area contributed by atoms with E-state index in [2.05, 4.69) is 4.99 Å². The Hall–Kier alpha value is -2.79. The van der Waals surface area contributed by atoms with E-state index in [0.717, 1.165) is 5.56 Å². The van der Waals surface area contributed by atoms with Gasteiger partial charge in [0.25, 0.3) is 0 Å². The molecular formula is C18H12ClNO4. The van der Waals surface area contributed by atoms with Crippen molar-refractivity contribution in [3.8, 4) is 11.5 Å². The van der Waals surface area contributed by atoms with E-state index in [1.54, 1.807) is 42.5 Å². The van der Waals surface area contributed by atoms with Crippen LogP contribution in [0.5, 0.6) is 11.5 Å². The van der Waals surface area contributed by atoms with Gasteiger partial charge in [0.1, 0.15) is 13.2 Å². The van der Waals surface area contributed by atoms with Gasteiger partial charge >= 0.3 is 5.97 Å². The minimum absolute atomic E-state index is 0.203. The maximum atomic E-state index is 12.1. The lowest BCUT2D eigenvalue weighted by Gasteiger charge is -2.18. The minimum Gasteiger partial charge on any atom is -0.486 e. The topological polar surface area (TPSA) is 57.1 Å². The Morgan fingerprint density at radius 2 is 1.83 bits per heavy atom. The fourth-order valence-corrected chi connectivity index (χ4v) is 2.68. The first kappa shape index (κ1) is 14.8. The Morgan fingerprint density at radius 3 is 2.67 bits per heavy atom. The molecule has 2 aliphatic rings. The number of hydrogen-bond acceptors (Lipinski definition) is 5. The van der Waals surface area contributed by atoms with E-state index in [0.29, 0.717) is 35.3 Å². The zero-order chi connectivity index (χ0) is 16.5. The maximum Gasteiger partial charge on any atom is 0.363 e.